The summed E-state index contributed by atoms with van der Waals surface area (Å²) in [5.41, 5.74) is 2.06. The highest BCUT2D eigenvalue weighted by Crippen LogP contribution is 2.39. The van der Waals surface area contributed by atoms with Crippen molar-refractivity contribution < 1.29 is 13.9 Å². The highest BCUT2D eigenvalue weighted by molar-refractivity contribution is 6.33. The Labute approximate surface area is 145 Å². The molecule has 128 valence electrons. The fourth-order valence-electron chi connectivity index (χ4n) is 3.58. The van der Waals surface area contributed by atoms with Crippen molar-refractivity contribution in [2.45, 2.75) is 38.8 Å². The number of halogens is 1. The van der Waals surface area contributed by atoms with Gasteiger partial charge in [0.2, 0.25) is 0 Å². The first-order valence-corrected chi connectivity index (χ1v) is 8.78. The van der Waals surface area contributed by atoms with Gasteiger partial charge in [-0.15, -0.1) is 0 Å². The van der Waals surface area contributed by atoms with E-state index in [1.54, 1.807) is 6.07 Å². The fourth-order valence-corrected chi connectivity index (χ4v) is 3.86. The van der Waals surface area contributed by atoms with E-state index >= 15 is 0 Å². The third-order valence-electron chi connectivity index (χ3n) is 4.76. The molecule has 1 unspecified atom stereocenters. The lowest BCUT2D eigenvalue weighted by Gasteiger charge is -2.31. The van der Waals surface area contributed by atoms with Crippen molar-refractivity contribution in [1.29, 1.82) is 0 Å². The SMILES string of the molecule is CCc1cc(=O)oc2c3c(c(Cl)cc12)OCN(CC1CCCO1)C3. The van der Waals surface area contributed by atoms with Gasteiger partial charge >= 0.3 is 5.63 Å². The lowest BCUT2D eigenvalue weighted by atomic mass is 10.0. The third-order valence-corrected chi connectivity index (χ3v) is 5.04. The van der Waals surface area contributed by atoms with Gasteiger partial charge in [-0.05, 0) is 30.9 Å². The molecule has 1 atom stereocenters. The Morgan fingerprint density at radius 2 is 2.25 bits per heavy atom. The zero-order chi connectivity index (χ0) is 16.7. The summed E-state index contributed by atoms with van der Waals surface area (Å²) in [6, 6.07) is 3.38. The van der Waals surface area contributed by atoms with Crippen LogP contribution in [0.4, 0.5) is 0 Å². The van der Waals surface area contributed by atoms with Gasteiger partial charge in [0.1, 0.15) is 18.1 Å². The number of fused-ring (bicyclic) bond motifs is 3. The summed E-state index contributed by atoms with van der Waals surface area (Å²) >= 11 is 6.42. The smallest absolute Gasteiger partial charge is 0.336 e. The third kappa shape index (κ3) is 2.81. The molecule has 0 bridgehead atoms. The summed E-state index contributed by atoms with van der Waals surface area (Å²) in [5.74, 6) is 0.629. The number of benzene rings is 1. The molecule has 0 N–H and O–H groups in total. The normalized spacial score (nSPS) is 21.0. The van der Waals surface area contributed by atoms with Crippen molar-refractivity contribution in [3.63, 3.8) is 0 Å². The molecular weight excluding hydrogens is 330 g/mol. The average molecular weight is 350 g/mol. The van der Waals surface area contributed by atoms with E-state index in [4.69, 9.17) is 25.5 Å². The Balaban J connectivity index is 1.76. The number of hydrogen-bond acceptors (Lipinski definition) is 5. The molecule has 24 heavy (non-hydrogen) atoms. The molecule has 0 saturated carbocycles. The monoisotopic (exact) mass is 349 g/mol. The van der Waals surface area contributed by atoms with Crippen molar-refractivity contribution in [2.24, 2.45) is 0 Å². The number of rotatable bonds is 3. The van der Waals surface area contributed by atoms with Gasteiger partial charge in [-0.2, -0.15) is 0 Å². The van der Waals surface area contributed by atoms with Gasteiger partial charge < -0.3 is 13.9 Å². The van der Waals surface area contributed by atoms with Gasteiger partial charge in [0.25, 0.3) is 0 Å². The zero-order valence-electron chi connectivity index (χ0n) is 13.6. The predicted octanol–water partition coefficient (Wildman–Crippen LogP) is 3.34. The molecule has 4 rings (SSSR count). The van der Waals surface area contributed by atoms with E-state index in [2.05, 4.69) is 4.90 Å². The lowest BCUT2D eigenvalue weighted by molar-refractivity contribution is 0.0281. The van der Waals surface area contributed by atoms with Crippen LogP contribution in [0.5, 0.6) is 5.75 Å². The number of ether oxygens (including phenoxy) is 2. The van der Waals surface area contributed by atoms with E-state index in [9.17, 15) is 4.79 Å². The Morgan fingerprint density at radius 3 is 3.00 bits per heavy atom. The largest absolute Gasteiger partial charge is 0.476 e. The standard InChI is InChI=1S/C18H20ClNO4/c1-2-11-6-16(21)24-17-13(11)7-15(19)18-14(17)9-20(10-23-18)8-12-4-3-5-22-12/h6-7,12H,2-5,8-10H2,1H3. The van der Waals surface area contributed by atoms with Crippen molar-refractivity contribution in [3.05, 3.63) is 38.7 Å². The molecule has 3 heterocycles. The van der Waals surface area contributed by atoms with Crippen LogP contribution < -0.4 is 10.4 Å². The Morgan fingerprint density at radius 1 is 1.38 bits per heavy atom. The molecule has 2 aliphatic rings. The predicted molar refractivity (Wildman–Crippen MR) is 91.8 cm³/mol. The highest BCUT2D eigenvalue weighted by Gasteiger charge is 2.27. The van der Waals surface area contributed by atoms with E-state index < -0.39 is 0 Å². The Bertz CT molecular complexity index is 826. The van der Waals surface area contributed by atoms with Gasteiger partial charge in [-0.3, -0.25) is 4.90 Å². The van der Waals surface area contributed by atoms with E-state index in [1.807, 2.05) is 13.0 Å². The van der Waals surface area contributed by atoms with Crippen molar-refractivity contribution in [1.82, 2.24) is 4.90 Å². The maximum absolute atomic E-state index is 11.9. The maximum Gasteiger partial charge on any atom is 0.336 e. The molecule has 2 aliphatic heterocycles. The lowest BCUT2D eigenvalue weighted by Crippen LogP contribution is -2.37. The molecule has 5 nitrogen and oxygen atoms in total. The maximum atomic E-state index is 11.9. The topological polar surface area (TPSA) is 51.9 Å². The van der Waals surface area contributed by atoms with Crippen molar-refractivity contribution in [3.8, 4) is 5.75 Å². The molecule has 1 aromatic heterocycles. The van der Waals surface area contributed by atoms with Crippen LogP contribution in [0.25, 0.3) is 11.0 Å². The van der Waals surface area contributed by atoms with Crippen LogP contribution in [-0.4, -0.2) is 30.9 Å². The van der Waals surface area contributed by atoms with Crippen molar-refractivity contribution in [2.75, 3.05) is 19.9 Å². The molecule has 1 aromatic carbocycles. The summed E-state index contributed by atoms with van der Waals surface area (Å²) < 4.78 is 17.1. The molecule has 1 fully saturated rings. The van der Waals surface area contributed by atoms with Gasteiger partial charge in [0.05, 0.1) is 16.7 Å². The van der Waals surface area contributed by atoms with Gasteiger partial charge in [-0.1, -0.05) is 18.5 Å². The highest BCUT2D eigenvalue weighted by atomic mass is 35.5. The van der Waals surface area contributed by atoms with E-state index in [1.165, 1.54) is 0 Å². The number of nitrogens with zero attached hydrogens (tertiary/aromatic N) is 1. The second-order valence-corrected chi connectivity index (χ2v) is 6.81. The minimum Gasteiger partial charge on any atom is -0.476 e. The van der Waals surface area contributed by atoms with Gasteiger partial charge in [0, 0.05) is 31.1 Å². The Kier molecular flexibility index (Phi) is 4.24. The van der Waals surface area contributed by atoms with E-state index in [0.29, 0.717) is 29.6 Å². The van der Waals surface area contributed by atoms with Crippen LogP contribution in [0, 0.1) is 0 Å². The first-order chi connectivity index (χ1) is 11.7. The quantitative estimate of drug-likeness (QED) is 0.795. The first kappa shape index (κ1) is 15.9. The summed E-state index contributed by atoms with van der Waals surface area (Å²) in [4.78, 5) is 14.1. The number of aryl methyl sites for hydroxylation is 1. The van der Waals surface area contributed by atoms with Gasteiger partial charge in [-0.25, -0.2) is 4.79 Å². The molecule has 6 heteroatoms. The second-order valence-electron chi connectivity index (χ2n) is 6.41. The fraction of sp³-hybridized carbons (Fsp3) is 0.500. The molecule has 0 radical (unpaired) electrons. The average Bonchev–Trinajstić information content (AvgIpc) is 3.08. The molecule has 1 saturated heterocycles. The molecule has 0 amide bonds. The minimum absolute atomic E-state index is 0.249. The van der Waals surface area contributed by atoms with Crippen molar-refractivity contribution >= 4 is 22.6 Å². The summed E-state index contributed by atoms with van der Waals surface area (Å²) in [7, 11) is 0. The molecule has 2 aromatic rings. The van der Waals surface area contributed by atoms with Crippen LogP contribution in [0.15, 0.2) is 21.3 Å². The molecule has 0 spiro atoms. The summed E-state index contributed by atoms with van der Waals surface area (Å²) in [6.45, 7) is 4.77. The summed E-state index contributed by atoms with van der Waals surface area (Å²) in [5, 5.41) is 1.46. The van der Waals surface area contributed by atoms with Gasteiger partial charge in [0.15, 0.2) is 0 Å². The first-order valence-electron chi connectivity index (χ1n) is 8.40. The van der Waals surface area contributed by atoms with Crippen LogP contribution in [0.3, 0.4) is 0 Å². The van der Waals surface area contributed by atoms with E-state index in [0.717, 1.165) is 48.9 Å². The molecular formula is C18H20ClNO4. The van der Waals surface area contributed by atoms with E-state index in [-0.39, 0.29) is 11.7 Å². The van der Waals surface area contributed by atoms with Crippen LogP contribution in [-0.2, 0) is 17.7 Å². The van der Waals surface area contributed by atoms with Crippen LogP contribution >= 0.6 is 11.6 Å². The second kappa shape index (κ2) is 6.39. The van der Waals surface area contributed by atoms with Crippen LogP contribution in [0.1, 0.15) is 30.9 Å². The van der Waals surface area contributed by atoms with Crippen LogP contribution in [0.2, 0.25) is 5.02 Å². The minimum atomic E-state index is -0.333. The Hall–Kier alpha value is -1.56. The summed E-state index contributed by atoms with van der Waals surface area (Å²) in [6.07, 6.45) is 3.19. The zero-order valence-corrected chi connectivity index (χ0v) is 14.4. The number of hydrogen-bond donors (Lipinski definition) is 0. The molecule has 0 aliphatic carbocycles.